The number of hydrogen-bond acceptors (Lipinski definition) is 3. The minimum Gasteiger partial charge on any atom is -0.434 e. The zero-order valence-corrected chi connectivity index (χ0v) is 17.8. The van der Waals surface area contributed by atoms with E-state index < -0.39 is 12.4 Å². The molecule has 3 rings (SSSR count). The molecule has 1 heterocycles. The lowest BCUT2D eigenvalue weighted by molar-refractivity contribution is -0.0506. The van der Waals surface area contributed by atoms with Crippen molar-refractivity contribution in [1.29, 1.82) is 0 Å². The van der Waals surface area contributed by atoms with Crippen LogP contribution in [0.4, 0.5) is 13.2 Å². The molecule has 27 heavy (non-hydrogen) atoms. The van der Waals surface area contributed by atoms with Crippen molar-refractivity contribution in [1.82, 2.24) is 15.5 Å². The Labute approximate surface area is 174 Å². The summed E-state index contributed by atoms with van der Waals surface area (Å²) in [6.07, 6.45) is 3.55. The largest absolute Gasteiger partial charge is 0.434 e. The molecular weight excluding hydrogens is 472 g/mol. The molecule has 1 aromatic carbocycles. The fourth-order valence-corrected chi connectivity index (χ4v) is 3.55. The van der Waals surface area contributed by atoms with Crippen molar-refractivity contribution < 1.29 is 17.9 Å². The van der Waals surface area contributed by atoms with Crippen molar-refractivity contribution in [2.24, 2.45) is 4.99 Å². The highest BCUT2D eigenvalue weighted by Gasteiger charge is 2.38. The third-order valence-corrected chi connectivity index (χ3v) is 4.93. The van der Waals surface area contributed by atoms with Crippen LogP contribution in [-0.2, 0) is 6.54 Å². The summed E-state index contributed by atoms with van der Waals surface area (Å²) in [7, 11) is 1.63. The molecule has 2 atom stereocenters. The number of likely N-dealkylation sites (tertiary alicyclic amines) is 1. The zero-order valence-electron chi connectivity index (χ0n) is 15.4. The Balaban J connectivity index is 0.00000261. The van der Waals surface area contributed by atoms with Gasteiger partial charge in [0, 0.05) is 43.8 Å². The van der Waals surface area contributed by atoms with E-state index >= 15 is 0 Å². The third kappa shape index (κ3) is 5.87. The highest BCUT2D eigenvalue weighted by atomic mass is 127. The van der Waals surface area contributed by atoms with E-state index in [1.165, 1.54) is 31.0 Å². The predicted octanol–water partition coefficient (Wildman–Crippen LogP) is 3.34. The number of rotatable bonds is 6. The van der Waals surface area contributed by atoms with Gasteiger partial charge in [0.05, 0.1) is 0 Å². The Morgan fingerprint density at radius 3 is 2.74 bits per heavy atom. The maximum Gasteiger partial charge on any atom is 0.387 e. The van der Waals surface area contributed by atoms with E-state index in [0.717, 1.165) is 13.0 Å². The van der Waals surface area contributed by atoms with Crippen LogP contribution in [-0.4, -0.2) is 49.2 Å². The Kier molecular flexibility index (Phi) is 8.02. The lowest BCUT2D eigenvalue weighted by Gasteiger charge is -2.20. The fraction of sp³-hybridized carbons (Fsp3) is 0.611. The second-order valence-corrected chi connectivity index (χ2v) is 6.87. The average Bonchev–Trinajstić information content (AvgIpc) is 3.36. The van der Waals surface area contributed by atoms with E-state index in [0.29, 0.717) is 18.0 Å². The zero-order chi connectivity index (χ0) is 18.7. The molecule has 0 amide bonds. The smallest absolute Gasteiger partial charge is 0.387 e. The van der Waals surface area contributed by atoms with Crippen LogP contribution < -0.4 is 15.4 Å². The summed E-state index contributed by atoms with van der Waals surface area (Å²) in [5.41, 5.74) is 0.0511. The number of nitrogens with zero attached hydrogens (tertiary/aromatic N) is 2. The van der Waals surface area contributed by atoms with Crippen LogP contribution in [0.2, 0.25) is 0 Å². The summed E-state index contributed by atoms with van der Waals surface area (Å²) in [5, 5.41) is 6.34. The van der Waals surface area contributed by atoms with E-state index in [2.05, 4.69) is 32.2 Å². The maximum absolute atomic E-state index is 14.0. The van der Waals surface area contributed by atoms with Crippen LogP contribution in [0.15, 0.2) is 23.2 Å². The topological polar surface area (TPSA) is 48.9 Å². The maximum atomic E-state index is 14.0. The van der Waals surface area contributed by atoms with Crippen LogP contribution in [0.3, 0.4) is 0 Å². The molecule has 1 aliphatic carbocycles. The van der Waals surface area contributed by atoms with E-state index in [-0.39, 0.29) is 47.9 Å². The molecule has 1 saturated heterocycles. The molecule has 2 aliphatic rings. The molecule has 2 N–H and O–H groups in total. The summed E-state index contributed by atoms with van der Waals surface area (Å²) >= 11 is 0. The van der Waals surface area contributed by atoms with Crippen LogP contribution in [0.25, 0.3) is 0 Å². The Hall–Kier alpha value is -1.23. The predicted molar refractivity (Wildman–Crippen MR) is 109 cm³/mol. The first kappa shape index (κ1) is 22.1. The SMILES string of the molecule is CN=C(NCc1c(F)cccc1OC(F)F)NC1CC(C)N(C2CC2)C1.I. The summed E-state index contributed by atoms with van der Waals surface area (Å²) in [5.74, 6) is -0.246. The molecule has 9 heteroatoms. The van der Waals surface area contributed by atoms with Gasteiger partial charge in [0.15, 0.2) is 5.96 Å². The molecule has 2 fully saturated rings. The minimum absolute atomic E-state index is 0. The van der Waals surface area contributed by atoms with Crippen molar-refractivity contribution >= 4 is 29.9 Å². The van der Waals surface area contributed by atoms with Crippen LogP contribution in [0, 0.1) is 5.82 Å². The van der Waals surface area contributed by atoms with E-state index in [4.69, 9.17) is 0 Å². The summed E-state index contributed by atoms with van der Waals surface area (Å²) in [4.78, 5) is 6.67. The second-order valence-electron chi connectivity index (χ2n) is 6.87. The number of benzene rings is 1. The highest BCUT2D eigenvalue weighted by Crippen LogP contribution is 2.33. The van der Waals surface area contributed by atoms with E-state index in [9.17, 15) is 13.2 Å². The minimum atomic E-state index is -3.00. The first-order valence-electron chi connectivity index (χ1n) is 8.93. The van der Waals surface area contributed by atoms with Crippen molar-refractivity contribution in [2.75, 3.05) is 13.6 Å². The van der Waals surface area contributed by atoms with Gasteiger partial charge in [-0.2, -0.15) is 8.78 Å². The number of halogens is 4. The monoisotopic (exact) mass is 498 g/mol. The molecule has 152 valence electrons. The molecule has 1 aliphatic heterocycles. The quantitative estimate of drug-likeness (QED) is 0.359. The summed E-state index contributed by atoms with van der Waals surface area (Å²) in [6.45, 7) is 0.180. The summed E-state index contributed by atoms with van der Waals surface area (Å²) < 4.78 is 43.4. The van der Waals surface area contributed by atoms with Crippen LogP contribution >= 0.6 is 24.0 Å². The van der Waals surface area contributed by atoms with Gasteiger partial charge in [-0.1, -0.05) is 6.07 Å². The van der Waals surface area contributed by atoms with Gasteiger partial charge in [-0.3, -0.25) is 9.89 Å². The van der Waals surface area contributed by atoms with Gasteiger partial charge in [0.1, 0.15) is 11.6 Å². The van der Waals surface area contributed by atoms with Crippen LogP contribution in [0.1, 0.15) is 31.7 Å². The number of aliphatic imine (C=N–C) groups is 1. The highest BCUT2D eigenvalue weighted by molar-refractivity contribution is 14.0. The molecule has 1 saturated carbocycles. The molecule has 5 nitrogen and oxygen atoms in total. The fourth-order valence-electron chi connectivity index (χ4n) is 3.55. The Morgan fingerprint density at radius 2 is 2.11 bits per heavy atom. The van der Waals surface area contributed by atoms with Gasteiger partial charge in [-0.15, -0.1) is 24.0 Å². The van der Waals surface area contributed by atoms with Crippen molar-refractivity contribution in [3.05, 3.63) is 29.6 Å². The van der Waals surface area contributed by atoms with Crippen molar-refractivity contribution in [3.63, 3.8) is 0 Å². The van der Waals surface area contributed by atoms with Gasteiger partial charge in [-0.25, -0.2) is 4.39 Å². The van der Waals surface area contributed by atoms with Crippen LogP contribution in [0.5, 0.6) is 5.75 Å². The number of guanidine groups is 1. The van der Waals surface area contributed by atoms with Gasteiger partial charge in [-0.05, 0) is 38.3 Å². The van der Waals surface area contributed by atoms with Crippen molar-refractivity contribution in [2.45, 2.75) is 57.5 Å². The lowest BCUT2D eigenvalue weighted by atomic mass is 10.2. The second kappa shape index (κ2) is 9.81. The van der Waals surface area contributed by atoms with E-state index in [1.54, 1.807) is 7.05 Å². The normalized spacial score (nSPS) is 23.3. The van der Waals surface area contributed by atoms with Gasteiger partial charge in [0.25, 0.3) is 0 Å². The average molecular weight is 498 g/mol. The molecule has 2 unspecified atom stereocenters. The third-order valence-electron chi connectivity index (χ3n) is 4.93. The standard InChI is InChI=1S/C18H25F3N4O.HI/c1-11-8-12(10-25(11)13-6-7-13)24-18(22-2)23-9-14-15(19)4-3-5-16(14)26-17(20)21;/h3-5,11-13,17H,6-10H2,1-2H3,(H2,22,23,24);1H. The Bertz CT molecular complexity index is 657. The first-order chi connectivity index (χ1) is 12.5. The number of alkyl halides is 2. The molecule has 1 aromatic rings. The molecular formula is C18H26F3IN4O. The Morgan fingerprint density at radius 1 is 1.37 bits per heavy atom. The molecule has 0 aromatic heterocycles. The number of hydrogen-bond donors (Lipinski definition) is 2. The number of nitrogens with one attached hydrogen (secondary N) is 2. The van der Waals surface area contributed by atoms with Gasteiger partial charge >= 0.3 is 6.61 Å². The molecule has 0 spiro atoms. The van der Waals surface area contributed by atoms with Gasteiger partial charge in [0.2, 0.25) is 0 Å². The molecule has 0 bridgehead atoms. The lowest BCUT2D eigenvalue weighted by Crippen LogP contribution is -2.44. The van der Waals surface area contributed by atoms with E-state index in [1.807, 2.05) is 0 Å². The molecule has 0 radical (unpaired) electrons. The summed E-state index contributed by atoms with van der Waals surface area (Å²) in [6, 6.07) is 5.38. The van der Waals surface area contributed by atoms with Crippen molar-refractivity contribution in [3.8, 4) is 5.75 Å². The first-order valence-corrected chi connectivity index (χ1v) is 8.93. The number of ether oxygens (including phenoxy) is 1. The van der Waals surface area contributed by atoms with Gasteiger partial charge < -0.3 is 15.4 Å².